The van der Waals surface area contributed by atoms with Gasteiger partial charge >= 0.3 is 0 Å². The first kappa shape index (κ1) is 15.7. The Labute approximate surface area is 138 Å². The van der Waals surface area contributed by atoms with Gasteiger partial charge in [-0.15, -0.1) is 0 Å². The van der Waals surface area contributed by atoms with Crippen LogP contribution in [0.25, 0.3) is 0 Å². The maximum Gasteiger partial charge on any atom is 0.0372 e. The summed E-state index contributed by atoms with van der Waals surface area (Å²) in [6, 6.07) is 15.3. The topological polar surface area (TPSA) is 12.0 Å². The van der Waals surface area contributed by atoms with Crippen molar-refractivity contribution in [3.8, 4) is 0 Å². The smallest absolute Gasteiger partial charge is 0.0372 e. The lowest BCUT2D eigenvalue weighted by atomic mass is 9.96. The van der Waals surface area contributed by atoms with E-state index in [9.17, 15) is 0 Å². The number of halogens is 2. The fourth-order valence-corrected chi connectivity index (χ4v) is 3.28. The van der Waals surface area contributed by atoms with Crippen molar-refractivity contribution < 1.29 is 0 Å². The zero-order valence-electron chi connectivity index (χ0n) is 11.8. The number of aryl methyl sites for hydroxylation is 1. The van der Waals surface area contributed by atoms with E-state index in [2.05, 4.69) is 93.5 Å². The van der Waals surface area contributed by atoms with Crippen LogP contribution in [-0.2, 0) is 6.42 Å². The highest BCUT2D eigenvalue weighted by atomic mass is 79.9. The Hall–Kier alpha value is -0.640. The van der Waals surface area contributed by atoms with Gasteiger partial charge in [0.15, 0.2) is 0 Å². The first-order chi connectivity index (χ1) is 9.61. The molecule has 2 rings (SSSR count). The van der Waals surface area contributed by atoms with Crippen LogP contribution in [0.2, 0.25) is 0 Å². The van der Waals surface area contributed by atoms with E-state index < -0.39 is 0 Å². The van der Waals surface area contributed by atoms with E-state index in [0.29, 0.717) is 6.04 Å². The molecule has 20 heavy (non-hydrogen) atoms. The van der Waals surface area contributed by atoms with Gasteiger partial charge in [-0.3, -0.25) is 0 Å². The van der Waals surface area contributed by atoms with Crippen LogP contribution in [0.15, 0.2) is 51.4 Å². The van der Waals surface area contributed by atoms with Gasteiger partial charge in [-0.2, -0.15) is 0 Å². The Morgan fingerprint density at radius 2 is 1.85 bits per heavy atom. The van der Waals surface area contributed by atoms with Crippen molar-refractivity contribution >= 4 is 31.9 Å². The summed E-state index contributed by atoms with van der Waals surface area (Å²) in [5.74, 6) is 0. The van der Waals surface area contributed by atoms with Gasteiger partial charge in [0.2, 0.25) is 0 Å². The third kappa shape index (κ3) is 3.94. The maximum atomic E-state index is 3.67. The highest BCUT2D eigenvalue weighted by Gasteiger charge is 2.15. The van der Waals surface area contributed by atoms with E-state index >= 15 is 0 Å². The van der Waals surface area contributed by atoms with Gasteiger partial charge in [0.05, 0.1) is 0 Å². The minimum absolute atomic E-state index is 0.313. The number of benzene rings is 2. The molecule has 0 heterocycles. The normalized spacial score (nSPS) is 12.4. The van der Waals surface area contributed by atoms with Crippen molar-refractivity contribution in [2.24, 2.45) is 0 Å². The van der Waals surface area contributed by atoms with Crippen LogP contribution in [0.5, 0.6) is 0 Å². The van der Waals surface area contributed by atoms with E-state index in [0.717, 1.165) is 21.9 Å². The summed E-state index contributed by atoms with van der Waals surface area (Å²) in [6.07, 6.45) is 0.996. The molecule has 0 amide bonds. The largest absolute Gasteiger partial charge is 0.310 e. The Morgan fingerprint density at radius 1 is 1.10 bits per heavy atom. The molecule has 0 aromatic heterocycles. The summed E-state index contributed by atoms with van der Waals surface area (Å²) < 4.78 is 2.27. The van der Waals surface area contributed by atoms with E-state index in [-0.39, 0.29) is 0 Å². The van der Waals surface area contributed by atoms with Crippen LogP contribution in [0.3, 0.4) is 0 Å². The van der Waals surface area contributed by atoms with Crippen LogP contribution < -0.4 is 5.32 Å². The van der Waals surface area contributed by atoms with Gasteiger partial charge in [-0.25, -0.2) is 0 Å². The second-order valence-electron chi connectivity index (χ2n) is 4.91. The molecule has 2 aromatic carbocycles. The molecule has 1 nitrogen and oxygen atoms in total. The minimum atomic E-state index is 0.313. The van der Waals surface area contributed by atoms with Gasteiger partial charge in [-0.1, -0.05) is 63.0 Å². The van der Waals surface area contributed by atoms with Gasteiger partial charge in [0, 0.05) is 15.0 Å². The van der Waals surface area contributed by atoms with Crippen LogP contribution >= 0.6 is 31.9 Å². The van der Waals surface area contributed by atoms with Crippen LogP contribution in [0, 0.1) is 6.92 Å². The van der Waals surface area contributed by atoms with E-state index in [1.807, 2.05) is 0 Å². The van der Waals surface area contributed by atoms with E-state index in [4.69, 9.17) is 0 Å². The summed E-state index contributed by atoms with van der Waals surface area (Å²) in [5, 5.41) is 3.59. The summed E-state index contributed by atoms with van der Waals surface area (Å²) in [7, 11) is 0. The minimum Gasteiger partial charge on any atom is -0.310 e. The SMILES string of the molecule is CCNC(Cc1ccccc1C)c1cc(Br)ccc1Br. The summed E-state index contributed by atoms with van der Waals surface area (Å²) in [5.41, 5.74) is 4.04. The Kier molecular flexibility index (Phi) is 5.82. The molecular weight excluding hydrogens is 378 g/mol. The predicted octanol–water partition coefficient (Wildman–Crippen LogP) is 5.41. The predicted molar refractivity (Wildman–Crippen MR) is 93.1 cm³/mol. The molecule has 0 saturated carbocycles. The lowest BCUT2D eigenvalue weighted by molar-refractivity contribution is 0.546. The molecule has 0 bridgehead atoms. The first-order valence-corrected chi connectivity index (χ1v) is 8.43. The zero-order valence-corrected chi connectivity index (χ0v) is 15.0. The van der Waals surface area contributed by atoms with Gasteiger partial charge in [-0.05, 0) is 54.8 Å². The molecule has 0 radical (unpaired) electrons. The molecular formula is C17H19Br2N. The van der Waals surface area contributed by atoms with Gasteiger partial charge in [0.25, 0.3) is 0 Å². The summed E-state index contributed by atoms with van der Waals surface area (Å²) >= 11 is 7.24. The number of hydrogen-bond donors (Lipinski definition) is 1. The average Bonchev–Trinajstić information content (AvgIpc) is 2.43. The Morgan fingerprint density at radius 3 is 2.55 bits per heavy atom. The van der Waals surface area contributed by atoms with Crippen molar-refractivity contribution in [3.63, 3.8) is 0 Å². The standard InChI is InChI=1S/C17H19Br2N/c1-3-20-17(10-13-7-5-4-6-12(13)2)15-11-14(18)8-9-16(15)19/h4-9,11,17,20H,3,10H2,1-2H3. The molecule has 0 saturated heterocycles. The molecule has 1 atom stereocenters. The fraction of sp³-hybridized carbons (Fsp3) is 0.294. The van der Waals surface area contributed by atoms with Crippen molar-refractivity contribution in [3.05, 3.63) is 68.1 Å². The second-order valence-corrected chi connectivity index (χ2v) is 6.68. The lowest BCUT2D eigenvalue weighted by Gasteiger charge is -2.21. The number of nitrogens with one attached hydrogen (secondary N) is 1. The molecule has 2 aromatic rings. The van der Waals surface area contributed by atoms with Crippen LogP contribution in [0.4, 0.5) is 0 Å². The van der Waals surface area contributed by atoms with Crippen molar-refractivity contribution in [2.45, 2.75) is 26.3 Å². The van der Waals surface area contributed by atoms with Crippen molar-refractivity contribution in [2.75, 3.05) is 6.54 Å². The molecule has 0 spiro atoms. The molecule has 0 aliphatic carbocycles. The van der Waals surface area contributed by atoms with Gasteiger partial charge < -0.3 is 5.32 Å². The molecule has 106 valence electrons. The number of rotatable bonds is 5. The number of likely N-dealkylation sites (N-methyl/N-ethyl adjacent to an activating group) is 1. The maximum absolute atomic E-state index is 3.67. The molecule has 0 aliphatic rings. The Balaban J connectivity index is 2.32. The third-order valence-electron chi connectivity index (χ3n) is 3.47. The molecule has 1 unspecified atom stereocenters. The monoisotopic (exact) mass is 395 g/mol. The molecule has 3 heteroatoms. The number of hydrogen-bond acceptors (Lipinski definition) is 1. The first-order valence-electron chi connectivity index (χ1n) is 6.84. The highest BCUT2D eigenvalue weighted by molar-refractivity contribution is 9.11. The molecule has 0 fully saturated rings. The lowest BCUT2D eigenvalue weighted by Crippen LogP contribution is -2.23. The van der Waals surface area contributed by atoms with Crippen LogP contribution in [0.1, 0.15) is 29.7 Å². The van der Waals surface area contributed by atoms with Crippen molar-refractivity contribution in [1.82, 2.24) is 5.32 Å². The average molecular weight is 397 g/mol. The quantitative estimate of drug-likeness (QED) is 0.711. The summed E-state index contributed by atoms with van der Waals surface area (Å²) in [4.78, 5) is 0. The van der Waals surface area contributed by atoms with Crippen molar-refractivity contribution in [1.29, 1.82) is 0 Å². The third-order valence-corrected chi connectivity index (χ3v) is 4.68. The molecule has 0 aliphatic heterocycles. The fourth-order valence-electron chi connectivity index (χ4n) is 2.38. The molecule has 1 N–H and O–H groups in total. The Bertz CT molecular complexity index is 581. The van der Waals surface area contributed by atoms with Crippen LogP contribution in [-0.4, -0.2) is 6.54 Å². The second kappa shape index (κ2) is 7.39. The zero-order chi connectivity index (χ0) is 14.5. The van der Waals surface area contributed by atoms with E-state index in [1.165, 1.54) is 16.7 Å². The van der Waals surface area contributed by atoms with Gasteiger partial charge in [0.1, 0.15) is 0 Å². The van der Waals surface area contributed by atoms with E-state index in [1.54, 1.807) is 0 Å². The highest BCUT2D eigenvalue weighted by Crippen LogP contribution is 2.29. The summed E-state index contributed by atoms with van der Waals surface area (Å²) in [6.45, 7) is 5.28.